The van der Waals surface area contributed by atoms with Crippen LogP contribution in [0.4, 0.5) is 0 Å². The van der Waals surface area contributed by atoms with Gasteiger partial charge in [0.05, 0.1) is 17.5 Å². The summed E-state index contributed by atoms with van der Waals surface area (Å²) in [6.07, 6.45) is 8.50. The molecule has 0 spiro atoms. The van der Waals surface area contributed by atoms with Gasteiger partial charge < -0.3 is 13.7 Å². The van der Waals surface area contributed by atoms with Gasteiger partial charge in [-0.3, -0.25) is 0 Å². The summed E-state index contributed by atoms with van der Waals surface area (Å²) in [4.78, 5) is 0. The summed E-state index contributed by atoms with van der Waals surface area (Å²) in [7, 11) is -0.377. The Labute approximate surface area is 122 Å². The molecule has 1 saturated carbocycles. The average Bonchev–Trinajstić information content (AvgIpc) is 2.94. The van der Waals surface area contributed by atoms with E-state index in [0.717, 1.165) is 5.66 Å². The lowest BCUT2D eigenvalue weighted by molar-refractivity contribution is 0.00578. The highest BCUT2D eigenvalue weighted by molar-refractivity contribution is 6.60. The van der Waals surface area contributed by atoms with E-state index in [1.807, 2.05) is 6.26 Å². The van der Waals surface area contributed by atoms with E-state index in [-0.39, 0.29) is 18.3 Å². The molecule has 0 bridgehead atoms. The average molecular weight is 276 g/mol. The molecule has 1 saturated heterocycles. The van der Waals surface area contributed by atoms with E-state index in [0.29, 0.717) is 5.92 Å². The SMILES string of the molecule is CC1(C)OB(c2cc(C3CCCCC3)co2)OC1(C)C. The van der Waals surface area contributed by atoms with Gasteiger partial charge in [-0.2, -0.15) is 0 Å². The van der Waals surface area contributed by atoms with E-state index in [4.69, 9.17) is 13.7 Å². The predicted octanol–water partition coefficient (Wildman–Crippen LogP) is 3.63. The lowest BCUT2D eigenvalue weighted by Crippen LogP contribution is -2.41. The van der Waals surface area contributed by atoms with E-state index in [9.17, 15) is 0 Å². The highest BCUT2D eigenvalue weighted by Gasteiger charge is 2.53. The minimum absolute atomic E-state index is 0.310. The van der Waals surface area contributed by atoms with Crippen LogP contribution in [-0.2, 0) is 9.31 Å². The fourth-order valence-corrected chi connectivity index (χ4v) is 3.10. The summed E-state index contributed by atoms with van der Waals surface area (Å²) in [5.74, 6) is 0.656. The van der Waals surface area contributed by atoms with Gasteiger partial charge in [-0.05, 0) is 58.1 Å². The van der Waals surface area contributed by atoms with Crippen molar-refractivity contribution in [2.75, 3.05) is 0 Å². The minimum atomic E-state index is -0.377. The molecule has 110 valence electrons. The Bertz CT molecular complexity index is 456. The van der Waals surface area contributed by atoms with Crippen LogP contribution in [0.3, 0.4) is 0 Å². The molecule has 1 aromatic rings. The van der Waals surface area contributed by atoms with E-state index in [1.165, 1.54) is 37.7 Å². The summed E-state index contributed by atoms with van der Waals surface area (Å²) in [5, 5.41) is 0. The lowest BCUT2D eigenvalue weighted by atomic mass is 9.82. The van der Waals surface area contributed by atoms with Gasteiger partial charge in [0.15, 0.2) is 0 Å². The molecule has 1 aliphatic heterocycles. The second-order valence-corrected chi connectivity index (χ2v) is 7.21. The molecule has 0 amide bonds. The zero-order valence-electron chi connectivity index (χ0n) is 13.1. The predicted molar refractivity (Wildman–Crippen MR) is 80.3 cm³/mol. The molecule has 0 unspecified atom stereocenters. The number of hydrogen-bond acceptors (Lipinski definition) is 3. The summed E-state index contributed by atoms with van der Waals surface area (Å²) in [5.41, 5.74) is 1.50. The minimum Gasteiger partial charge on any atom is -0.473 e. The molecule has 2 heterocycles. The van der Waals surface area contributed by atoms with E-state index >= 15 is 0 Å². The van der Waals surface area contributed by atoms with Gasteiger partial charge in [-0.25, -0.2) is 0 Å². The highest BCUT2D eigenvalue weighted by atomic mass is 16.7. The van der Waals surface area contributed by atoms with Crippen LogP contribution in [0.15, 0.2) is 16.7 Å². The molecule has 1 aromatic heterocycles. The van der Waals surface area contributed by atoms with Gasteiger partial charge in [0.2, 0.25) is 0 Å². The molecule has 0 atom stereocenters. The van der Waals surface area contributed by atoms with Crippen LogP contribution < -0.4 is 5.66 Å². The maximum absolute atomic E-state index is 6.03. The quantitative estimate of drug-likeness (QED) is 0.773. The Kier molecular flexibility index (Phi) is 3.50. The Hall–Kier alpha value is -0.735. The van der Waals surface area contributed by atoms with Gasteiger partial charge in [0, 0.05) is 0 Å². The van der Waals surface area contributed by atoms with Gasteiger partial charge in [0.25, 0.3) is 0 Å². The van der Waals surface area contributed by atoms with Crippen molar-refractivity contribution < 1.29 is 13.7 Å². The fraction of sp³-hybridized carbons (Fsp3) is 0.750. The molecule has 3 rings (SSSR count). The summed E-state index contributed by atoms with van der Waals surface area (Å²) in [6, 6.07) is 2.14. The monoisotopic (exact) mass is 276 g/mol. The van der Waals surface area contributed by atoms with Gasteiger partial charge in [-0.15, -0.1) is 0 Å². The van der Waals surface area contributed by atoms with Crippen molar-refractivity contribution in [1.29, 1.82) is 0 Å². The first kappa shape index (κ1) is 14.2. The van der Waals surface area contributed by atoms with E-state index in [2.05, 4.69) is 33.8 Å². The third kappa shape index (κ3) is 2.44. The Balaban J connectivity index is 1.74. The van der Waals surface area contributed by atoms with Gasteiger partial charge in [-0.1, -0.05) is 19.3 Å². The Morgan fingerprint density at radius 1 is 1.00 bits per heavy atom. The molecule has 20 heavy (non-hydrogen) atoms. The molecule has 2 aliphatic rings. The highest BCUT2D eigenvalue weighted by Crippen LogP contribution is 2.37. The fourth-order valence-electron chi connectivity index (χ4n) is 3.10. The third-order valence-corrected chi connectivity index (χ3v) is 5.20. The third-order valence-electron chi connectivity index (χ3n) is 5.20. The molecule has 4 heteroatoms. The zero-order valence-corrected chi connectivity index (χ0v) is 13.1. The van der Waals surface area contributed by atoms with E-state index in [1.54, 1.807) is 0 Å². The molecule has 0 aromatic carbocycles. The number of rotatable bonds is 2. The van der Waals surface area contributed by atoms with Crippen molar-refractivity contribution in [3.05, 3.63) is 17.9 Å². The maximum Gasteiger partial charge on any atom is 0.532 e. The van der Waals surface area contributed by atoms with Crippen LogP contribution in [0, 0.1) is 0 Å². The van der Waals surface area contributed by atoms with Crippen LogP contribution in [0.25, 0.3) is 0 Å². The summed E-state index contributed by atoms with van der Waals surface area (Å²) < 4.78 is 17.8. The second-order valence-electron chi connectivity index (χ2n) is 7.21. The Morgan fingerprint density at radius 2 is 1.60 bits per heavy atom. The van der Waals surface area contributed by atoms with E-state index < -0.39 is 0 Å². The topological polar surface area (TPSA) is 31.6 Å². The van der Waals surface area contributed by atoms with Crippen LogP contribution in [-0.4, -0.2) is 18.3 Å². The van der Waals surface area contributed by atoms with Crippen molar-refractivity contribution in [1.82, 2.24) is 0 Å². The first-order valence-electron chi connectivity index (χ1n) is 7.83. The number of furan rings is 1. The van der Waals surface area contributed by atoms with Crippen molar-refractivity contribution >= 4 is 12.8 Å². The molecule has 3 nitrogen and oxygen atoms in total. The molecular formula is C16H25BO3. The zero-order chi connectivity index (χ0) is 14.4. The first-order chi connectivity index (χ1) is 9.39. The van der Waals surface area contributed by atoms with Crippen molar-refractivity contribution in [2.45, 2.75) is 76.9 Å². The Morgan fingerprint density at radius 3 is 2.20 bits per heavy atom. The second kappa shape index (κ2) is 4.92. The van der Waals surface area contributed by atoms with Crippen LogP contribution in [0.5, 0.6) is 0 Å². The molecule has 1 aliphatic carbocycles. The van der Waals surface area contributed by atoms with Crippen molar-refractivity contribution in [3.8, 4) is 0 Å². The summed E-state index contributed by atoms with van der Waals surface area (Å²) in [6.45, 7) is 8.27. The van der Waals surface area contributed by atoms with Crippen molar-refractivity contribution in [2.24, 2.45) is 0 Å². The largest absolute Gasteiger partial charge is 0.532 e. The molecular weight excluding hydrogens is 251 g/mol. The molecule has 2 fully saturated rings. The van der Waals surface area contributed by atoms with Crippen LogP contribution in [0.1, 0.15) is 71.3 Å². The van der Waals surface area contributed by atoms with Gasteiger partial charge in [0.1, 0.15) is 5.66 Å². The van der Waals surface area contributed by atoms with Crippen molar-refractivity contribution in [3.63, 3.8) is 0 Å². The van der Waals surface area contributed by atoms with Crippen LogP contribution >= 0.6 is 0 Å². The maximum atomic E-state index is 6.03. The summed E-state index contributed by atoms with van der Waals surface area (Å²) >= 11 is 0. The first-order valence-corrected chi connectivity index (χ1v) is 7.83. The molecule has 0 radical (unpaired) electrons. The van der Waals surface area contributed by atoms with Crippen LogP contribution in [0.2, 0.25) is 0 Å². The standard InChI is InChI=1S/C16H25BO3/c1-15(2)16(3,4)20-17(19-15)14-10-13(11-18-14)12-8-6-5-7-9-12/h10-12H,5-9H2,1-4H3. The smallest absolute Gasteiger partial charge is 0.473 e. The molecule has 0 N–H and O–H groups in total. The normalized spacial score (nSPS) is 26.1. The lowest BCUT2D eigenvalue weighted by Gasteiger charge is -2.32. The number of hydrogen-bond donors (Lipinski definition) is 0. The van der Waals surface area contributed by atoms with Gasteiger partial charge >= 0.3 is 7.12 Å².